The molecule has 6 nitrogen and oxygen atoms in total. The molecule has 0 unspecified atom stereocenters. The van der Waals surface area contributed by atoms with Gasteiger partial charge >= 0.3 is 0 Å². The minimum atomic E-state index is -0.0596. The van der Waals surface area contributed by atoms with Gasteiger partial charge in [0, 0.05) is 45.2 Å². The van der Waals surface area contributed by atoms with E-state index in [2.05, 4.69) is 47.2 Å². The third-order valence-corrected chi connectivity index (χ3v) is 6.86. The Balaban J connectivity index is 3.33. The smallest absolute Gasteiger partial charge is 0.221 e. The highest BCUT2D eigenvalue weighted by Crippen LogP contribution is 2.11. The van der Waals surface area contributed by atoms with Gasteiger partial charge in [0.05, 0.1) is 26.4 Å². The number of unbranched alkanes of at least 4 members (excludes halogenated alkanes) is 16. The van der Waals surface area contributed by atoms with E-state index in [-0.39, 0.29) is 11.8 Å². The van der Waals surface area contributed by atoms with Gasteiger partial charge < -0.3 is 20.1 Å². The first-order valence-electron chi connectivity index (χ1n) is 16.8. The molecule has 0 aromatic rings. The van der Waals surface area contributed by atoms with E-state index in [1.165, 1.54) is 77.0 Å². The molecule has 2 N–H and O–H groups in total. The van der Waals surface area contributed by atoms with Gasteiger partial charge in [-0.3, -0.25) is 9.59 Å². The Kier molecular flexibility index (Phi) is 32.7. The van der Waals surface area contributed by atoms with Crippen LogP contribution in [0.4, 0.5) is 0 Å². The summed E-state index contributed by atoms with van der Waals surface area (Å²) in [7, 11) is 0. The van der Waals surface area contributed by atoms with Crippen molar-refractivity contribution in [2.24, 2.45) is 0 Å². The molecule has 0 rings (SSSR count). The van der Waals surface area contributed by atoms with Crippen molar-refractivity contribution < 1.29 is 19.1 Å². The number of ether oxygens (including phenoxy) is 2. The van der Waals surface area contributed by atoms with E-state index in [0.29, 0.717) is 58.8 Å². The summed E-state index contributed by atoms with van der Waals surface area (Å²) in [6.45, 7) is 5.05. The van der Waals surface area contributed by atoms with Gasteiger partial charge in [-0.15, -0.1) is 12.3 Å². The van der Waals surface area contributed by atoms with E-state index in [9.17, 15) is 9.59 Å². The lowest BCUT2D eigenvalue weighted by atomic mass is 10.1. The molecule has 2 amide bonds. The lowest BCUT2D eigenvalue weighted by molar-refractivity contribution is -0.122. The summed E-state index contributed by atoms with van der Waals surface area (Å²) in [6.07, 6.45) is 28.7. The van der Waals surface area contributed by atoms with Gasteiger partial charge in [-0.05, 0) is 31.1 Å². The number of terminal acetylenes is 1. The van der Waals surface area contributed by atoms with Crippen LogP contribution in [0, 0.1) is 36.0 Å². The van der Waals surface area contributed by atoms with E-state index in [0.717, 1.165) is 38.5 Å². The van der Waals surface area contributed by atoms with Crippen LogP contribution < -0.4 is 10.6 Å². The summed E-state index contributed by atoms with van der Waals surface area (Å²) in [5.74, 6) is 14.9. The molecular weight excluding hydrogens is 524 g/mol. The van der Waals surface area contributed by atoms with Crippen molar-refractivity contribution in [3.63, 3.8) is 0 Å². The molecule has 0 heterocycles. The minimum absolute atomic E-state index is 0.0596. The van der Waals surface area contributed by atoms with Crippen LogP contribution in [-0.2, 0) is 19.1 Å². The maximum atomic E-state index is 11.9. The predicted molar refractivity (Wildman–Crippen MR) is 175 cm³/mol. The van der Waals surface area contributed by atoms with Gasteiger partial charge in [0.25, 0.3) is 0 Å². The summed E-state index contributed by atoms with van der Waals surface area (Å²) in [5, 5.41) is 5.63. The molecule has 0 aliphatic heterocycles. The maximum absolute atomic E-state index is 11.9. The fourth-order valence-corrected chi connectivity index (χ4v) is 4.33. The average Bonchev–Trinajstić information content (AvgIpc) is 2.99. The van der Waals surface area contributed by atoms with Crippen molar-refractivity contribution >= 4 is 11.8 Å². The molecule has 0 saturated carbocycles. The normalized spacial score (nSPS) is 10.2. The Hall–Kier alpha value is -2.46. The molecule has 6 heteroatoms. The Morgan fingerprint density at radius 2 is 0.976 bits per heavy atom. The van der Waals surface area contributed by atoms with Gasteiger partial charge in [0.15, 0.2) is 0 Å². The monoisotopic (exact) mass is 584 g/mol. The Bertz CT molecular complexity index is 797. The topological polar surface area (TPSA) is 76.7 Å². The molecule has 0 aromatic heterocycles. The first-order chi connectivity index (χ1) is 20.7. The van der Waals surface area contributed by atoms with E-state index in [1.54, 1.807) is 0 Å². The molecule has 0 atom stereocenters. The number of rotatable bonds is 29. The standard InChI is InChI=1S/C36H60N2O4/c1-3-5-7-8-9-10-11-12-13-14-15-16-17-18-19-20-21-22-23-24-25-26-28-36(40)38-30-32-42-34-33-41-31-29-37-35(39)27-6-4-2/h2H,3,5-15,20-34H2,1H3,(H,37,39)(H,38,40). The summed E-state index contributed by atoms with van der Waals surface area (Å²) in [5.41, 5.74) is 0. The molecular formula is C36H60N2O4. The zero-order valence-electron chi connectivity index (χ0n) is 26.8. The Labute approximate surface area is 258 Å². The highest BCUT2D eigenvalue weighted by Gasteiger charge is 2.01. The molecule has 0 aromatic carbocycles. The fraction of sp³-hybridized carbons (Fsp3) is 0.778. The van der Waals surface area contributed by atoms with E-state index >= 15 is 0 Å². The van der Waals surface area contributed by atoms with Crippen LogP contribution in [0.3, 0.4) is 0 Å². The largest absolute Gasteiger partial charge is 0.377 e. The second kappa shape index (κ2) is 34.7. The van der Waals surface area contributed by atoms with Gasteiger partial charge in [-0.2, -0.15) is 0 Å². The number of carbonyl (C=O) groups is 2. The summed E-state index contributed by atoms with van der Waals surface area (Å²) in [6, 6.07) is 0. The summed E-state index contributed by atoms with van der Waals surface area (Å²) < 4.78 is 10.8. The first kappa shape index (κ1) is 39.5. The van der Waals surface area contributed by atoms with Crippen LogP contribution in [0.15, 0.2) is 0 Å². The second-order valence-corrected chi connectivity index (χ2v) is 10.8. The molecule has 0 bridgehead atoms. The quantitative estimate of drug-likeness (QED) is 0.0726. The third-order valence-electron chi connectivity index (χ3n) is 6.86. The van der Waals surface area contributed by atoms with Crippen LogP contribution >= 0.6 is 0 Å². The number of hydrogen-bond acceptors (Lipinski definition) is 4. The fourth-order valence-electron chi connectivity index (χ4n) is 4.33. The van der Waals surface area contributed by atoms with Crippen molar-refractivity contribution in [2.75, 3.05) is 39.5 Å². The summed E-state index contributed by atoms with van der Waals surface area (Å²) in [4.78, 5) is 23.3. The van der Waals surface area contributed by atoms with E-state index in [1.807, 2.05) is 0 Å². The Morgan fingerprint density at radius 3 is 1.45 bits per heavy atom. The first-order valence-corrected chi connectivity index (χ1v) is 16.8. The van der Waals surface area contributed by atoms with Crippen LogP contribution in [0.1, 0.15) is 142 Å². The zero-order valence-corrected chi connectivity index (χ0v) is 26.8. The van der Waals surface area contributed by atoms with E-state index < -0.39 is 0 Å². The number of hydrogen-bond donors (Lipinski definition) is 2. The average molecular weight is 585 g/mol. The molecule has 42 heavy (non-hydrogen) atoms. The van der Waals surface area contributed by atoms with Crippen molar-refractivity contribution in [3.8, 4) is 36.0 Å². The molecule has 238 valence electrons. The molecule has 0 fully saturated rings. The molecule has 0 saturated heterocycles. The predicted octanol–water partition coefficient (Wildman–Crippen LogP) is 7.10. The number of amides is 2. The Morgan fingerprint density at radius 1 is 0.548 bits per heavy atom. The lowest BCUT2D eigenvalue weighted by Crippen LogP contribution is -2.28. The van der Waals surface area contributed by atoms with Crippen molar-refractivity contribution in [1.82, 2.24) is 10.6 Å². The van der Waals surface area contributed by atoms with Gasteiger partial charge in [-0.1, -0.05) is 102 Å². The molecule has 0 aliphatic rings. The van der Waals surface area contributed by atoms with Crippen molar-refractivity contribution in [2.45, 2.75) is 142 Å². The number of carbonyl (C=O) groups excluding carboxylic acids is 2. The SMILES string of the molecule is C#CCCC(=O)NCCOCCOCCNC(=O)CCCCCCCCC#CC#CCCCCCCCCCCCC. The highest BCUT2D eigenvalue weighted by molar-refractivity contribution is 5.76. The minimum Gasteiger partial charge on any atom is -0.377 e. The van der Waals surface area contributed by atoms with Gasteiger partial charge in [0.2, 0.25) is 11.8 Å². The van der Waals surface area contributed by atoms with E-state index in [4.69, 9.17) is 15.9 Å². The van der Waals surface area contributed by atoms with Crippen molar-refractivity contribution in [3.05, 3.63) is 0 Å². The van der Waals surface area contributed by atoms with Crippen LogP contribution in [0.5, 0.6) is 0 Å². The highest BCUT2D eigenvalue weighted by atomic mass is 16.5. The molecule has 0 spiro atoms. The molecule has 0 aliphatic carbocycles. The lowest BCUT2D eigenvalue weighted by Gasteiger charge is -2.08. The van der Waals surface area contributed by atoms with Gasteiger partial charge in [0.1, 0.15) is 0 Å². The summed E-state index contributed by atoms with van der Waals surface area (Å²) >= 11 is 0. The number of nitrogens with one attached hydrogen (secondary N) is 2. The van der Waals surface area contributed by atoms with Crippen molar-refractivity contribution in [1.29, 1.82) is 0 Å². The van der Waals surface area contributed by atoms with Crippen LogP contribution in [0.2, 0.25) is 0 Å². The zero-order chi connectivity index (χ0) is 30.6. The maximum Gasteiger partial charge on any atom is 0.221 e. The van der Waals surface area contributed by atoms with Crippen LogP contribution in [0.25, 0.3) is 0 Å². The third kappa shape index (κ3) is 33.7. The van der Waals surface area contributed by atoms with Crippen LogP contribution in [-0.4, -0.2) is 51.3 Å². The molecule has 0 radical (unpaired) electrons. The second-order valence-electron chi connectivity index (χ2n) is 10.8. The van der Waals surface area contributed by atoms with Gasteiger partial charge in [-0.25, -0.2) is 0 Å².